The molecule has 32 heavy (non-hydrogen) atoms. The third-order valence-corrected chi connectivity index (χ3v) is 6.07. The molecule has 1 atom stereocenters. The van der Waals surface area contributed by atoms with Crippen LogP contribution >= 0.6 is 15.9 Å². The van der Waals surface area contributed by atoms with Gasteiger partial charge in [0.1, 0.15) is 0 Å². The normalized spacial score (nSPS) is 12.0. The first-order chi connectivity index (χ1) is 15.4. The first-order valence-electron chi connectivity index (χ1n) is 10.2. The fourth-order valence-electron chi connectivity index (χ4n) is 3.70. The number of hydrogen-bond donors (Lipinski definition) is 3. The Balaban J connectivity index is 0.000000215. The largest absolute Gasteiger partial charge is 0.387 e. The smallest absolute Gasteiger partial charge is 0.202 e. The Morgan fingerprint density at radius 2 is 1.53 bits per heavy atom. The second kappa shape index (κ2) is 9.02. The lowest BCUT2D eigenvalue weighted by molar-refractivity contribution is 0.156. The molecule has 5 rings (SSSR count). The number of hydrogen-bond acceptors (Lipinski definition) is 4. The lowest BCUT2D eigenvalue weighted by Crippen LogP contribution is -2.25. The van der Waals surface area contributed by atoms with Crippen LogP contribution in [0.1, 0.15) is 13.1 Å². The molecule has 7 nitrogen and oxygen atoms in total. The topological polar surface area (TPSA) is 97.8 Å². The number of nitrogens with one attached hydrogen (secondary N) is 1. The van der Waals surface area contributed by atoms with Crippen LogP contribution in [0.15, 0.2) is 77.3 Å². The summed E-state index contributed by atoms with van der Waals surface area (Å²) in [6.45, 7) is 0.363. The fraction of sp³-hybridized carbons (Fsp3) is 0.167. The van der Waals surface area contributed by atoms with Gasteiger partial charge < -0.3 is 24.5 Å². The van der Waals surface area contributed by atoms with Gasteiger partial charge in [-0.05, 0) is 42.0 Å². The van der Waals surface area contributed by atoms with Gasteiger partial charge in [0.15, 0.2) is 0 Å². The van der Waals surface area contributed by atoms with E-state index in [-0.39, 0.29) is 1.43 Å². The third kappa shape index (κ3) is 4.19. The Labute approximate surface area is 195 Å². The zero-order valence-corrected chi connectivity index (χ0v) is 19.5. The summed E-state index contributed by atoms with van der Waals surface area (Å²) in [7, 11) is 3.78. The quantitative estimate of drug-likeness (QED) is 0.347. The molecule has 1 unspecified atom stereocenters. The van der Waals surface area contributed by atoms with Crippen LogP contribution in [0.25, 0.3) is 22.1 Å². The van der Waals surface area contributed by atoms with Gasteiger partial charge in [0, 0.05) is 20.0 Å². The predicted molar refractivity (Wildman–Crippen MR) is 133 cm³/mol. The molecule has 0 amide bonds. The molecule has 0 radical (unpaired) electrons. The Morgan fingerprint density at radius 1 is 0.938 bits per heavy atom. The minimum absolute atomic E-state index is 0. The molecule has 8 heteroatoms. The fourth-order valence-corrected chi connectivity index (χ4v) is 3.96. The minimum Gasteiger partial charge on any atom is -0.387 e. The van der Waals surface area contributed by atoms with Crippen molar-refractivity contribution in [2.24, 2.45) is 14.1 Å². The van der Waals surface area contributed by atoms with Crippen molar-refractivity contribution < 1.29 is 6.53 Å². The van der Waals surface area contributed by atoms with E-state index in [1.54, 1.807) is 0 Å². The number of halogens is 1. The summed E-state index contributed by atoms with van der Waals surface area (Å²) < 4.78 is 6.51. The van der Waals surface area contributed by atoms with Gasteiger partial charge in [-0.15, -0.1) is 0 Å². The summed E-state index contributed by atoms with van der Waals surface area (Å²) in [4.78, 5) is 4.15. The van der Waals surface area contributed by atoms with Crippen LogP contribution in [0.3, 0.4) is 0 Å². The van der Waals surface area contributed by atoms with Gasteiger partial charge in [0.2, 0.25) is 11.6 Å². The monoisotopic (exact) mass is 494 g/mol. The SMILES string of the molecule is Cn1c(=N)n(CC(O)c2ccc(Br)cc2)c2ccccc21.Cn1c(N)nc2ccccc21.[HH]. The maximum absolute atomic E-state index is 10.4. The van der Waals surface area contributed by atoms with Crippen molar-refractivity contribution in [1.29, 1.82) is 5.41 Å². The van der Waals surface area contributed by atoms with E-state index < -0.39 is 6.10 Å². The number of fused-ring (bicyclic) bond motifs is 2. The zero-order chi connectivity index (χ0) is 22.8. The van der Waals surface area contributed by atoms with Crippen molar-refractivity contribution >= 4 is 43.9 Å². The summed E-state index contributed by atoms with van der Waals surface area (Å²) >= 11 is 3.39. The maximum Gasteiger partial charge on any atom is 0.202 e. The van der Waals surface area contributed by atoms with E-state index >= 15 is 0 Å². The van der Waals surface area contributed by atoms with Gasteiger partial charge in [-0.25, -0.2) is 4.98 Å². The Hall–Kier alpha value is -3.36. The number of aromatic nitrogens is 4. The highest BCUT2D eigenvalue weighted by atomic mass is 79.9. The van der Waals surface area contributed by atoms with Crippen molar-refractivity contribution in [3.8, 4) is 0 Å². The van der Waals surface area contributed by atoms with E-state index in [0.29, 0.717) is 18.1 Å². The molecule has 2 heterocycles. The number of aryl methyl sites for hydroxylation is 2. The number of anilines is 1. The van der Waals surface area contributed by atoms with Gasteiger partial charge in [0.05, 0.1) is 34.7 Å². The van der Waals surface area contributed by atoms with Crippen LogP contribution in [0.4, 0.5) is 5.95 Å². The number of para-hydroxylation sites is 4. The van der Waals surface area contributed by atoms with Crippen molar-refractivity contribution in [2.75, 3.05) is 5.73 Å². The summed E-state index contributed by atoms with van der Waals surface area (Å²) in [5, 5.41) is 18.7. The lowest BCUT2D eigenvalue weighted by atomic mass is 10.1. The average molecular weight is 495 g/mol. The highest BCUT2D eigenvalue weighted by molar-refractivity contribution is 9.10. The molecule has 0 spiro atoms. The van der Waals surface area contributed by atoms with E-state index in [4.69, 9.17) is 11.1 Å². The summed E-state index contributed by atoms with van der Waals surface area (Å²) in [5.41, 5.74) is 10.8. The first kappa shape index (κ1) is 21.9. The highest BCUT2D eigenvalue weighted by Crippen LogP contribution is 2.20. The number of nitrogens with two attached hydrogens (primary N) is 1. The van der Waals surface area contributed by atoms with Gasteiger partial charge in [-0.2, -0.15) is 0 Å². The van der Waals surface area contributed by atoms with E-state index in [2.05, 4.69) is 20.9 Å². The van der Waals surface area contributed by atoms with Crippen LogP contribution in [0.2, 0.25) is 0 Å². The Bertz CT molecular complexity index is 1440. The molecular formula is C24H27BrN6O. The number of benzene rings is 3. The van der Waals surface area contributed by atoms with E-state index in [1.807, 2.05) is 101 Å². The number of aliphatic hydroxyl groups excluding tert-OH is 1. The van der Waals surface area contributed by atoms with Crippen LogP contribution < -0.4 is 11.4 Å². The number of nitrogen functional groups attached to an aromatic ring is 1. The summed E-state index contributed by atoms with van der Waals surface area (Å²) in [6.07, 6.45) is -0.641. The van der Waals surface area contributed by atoms with Crippen molar-refractivity contribution in [3.05, 3.63) is 88.5 Å². The second-order valence-corrected chi connectivity index (χ2v) is 8.48. The molecule has 0 aliphatic carbocycles. The van der Waals surface area contributed by atoms with Crippen molar-refractivity contribution in [3.63, 3.8) is 0 Å². The van der Waals surface area contributed by atoms with Crippen LogP contribution in [-0.4, -0.2) is 23.8 Å². The predicted octanol–water partition coefficient (Wildman–Crippen LogP) is 4.36. The molecular weight excluding hydrogens is 468 g/mol. The second-order valence-electron chi connectivity index (χ2n) is 7.57. The van der Waals surface area contributed by atoms with E-state index in [9.17, 15) is 5.11 Å². The molecule has 0 aliphatic rings. The number of rotatable bonds is 3. The van der Waals surface area contributed by atoms with Crippen LogP contribution in [0.5, 0.6) is 0 Å². The van der Waals surface area contributed by atoms with Gasteiger partial charge in [-0.3, -0.25) is 5.41 Å². The van der Waals surface area contributed by atoms with Crippen LogP contribution in [0, 0.1) is 5.41 Å². The number of aliphatic hydroxyl groups is 1. The third-order valence-electron chi connectivity index (χ3n) is 5.54. The Kier molecular flexibility index (Phi) is 6.16. The highest BCUT2D eigenvalue weighted by Gasteiger charge is 2.13. The molecule has 166 valence electrons. The molecule has 0 aliphatic heterocycles. The molecule has 0 fully saturated rings. The van der Waals surface area contributed by atoms with E-state index in [1.165, 1.54) is 0 Å². The molecule has 4 N–H and O–H groups in total. The molecule has 3 aromatic carbocycles. The molecule has 0 bridgehead atoms. The van der Waals surface area contributed by atoms with Gasteiger partial charge >= 0.3 is 0 Å². The molecule has 0 saturated heterocycles. The lowest BCUT2D eigenvalue weighted by Gasteiger charge is -2.12. The minimum atomic E-state index is -0.641. The number of imidazole rings is 2. The molecule has 2 aromatic heterocycles. The summed E-state index contributed by atoms with van der Waals surface area (Å²) in [6, 6.07) is 23.3. The zero-order valence-electron chi connectivity index (χ0n) is 17.9. The first-order valence-corrected chi connectivity index (χ1v) is 11.0. The van der Waals surface area contributed by atoms with Crippen molar-refractivity contribution in [2.45, 2.75) is 12.6 Å². The van der Waals surface area contributed by atoms with Gasteiger partial charge in [0.25, 0.3) is 0 Å². The van der Waals surface area contributed by atoms with Crippen molar-refractivity contribution in [1.82, 2.24) is 18.7 Å². The van der Waals surface area contributed by atoms with Gasteiger partial charge in [-0.1, -0.05) is 52.3 Å². The van der Waals surface area contributed by atoms with Crippen LogP contribution in [-0.2, 0) is 20.6 Å². The molecule has 0 saturated carbocycles. The molecule has 5 aromatic rings. The standard InChI is InChI=1S/C16H16BrN3O.C8H9N3.H2/c1-19-13-4-2-3-5-14(13)20(16(19)18)10-15(21)11-6-8-12(17)9-7-11;1-11-7-5-3-2-4-6(7)10-8(11)9;/h2-9,15,18,21H,10H2,1H3;2-5H,1H3,(H2,9,10);1H. The Morgan fingerprint density at radius 3 is 2.19 bits per heavy atom. The maximum atomic E-state index is 10.4. The van der Waals surface area contributed by atoms with E-state index in [0.717, 1.165) is 32.1 Å². The summed E-state index contributed by atoms with van der Waals surface area (Å²) in [5.74, 6) is 0.561. The number of nitrogens with zero attached hydrogens (tertiary/aromatic N) is 4. The average Bonchev–Trinajstić information content (AvgIpc) is 3.23.